The maximum atomic E-state index is 12.8. The SMILES string of the molecule is Cc1nc(N2CCN(CCO)CC2)nc2c1C(=O)C[C@@H](c1cccc(Cl)c1)C2. The Kier molecular flexibility index (Phi) is 5.62. The molecule has 1 saturated heterocycles. The zero-order valence-electron chi connectivity index (χ0n) is 16.1. The van der Waals surface area contributed by atoms with Crippen molar-refractivity contribution >= 4 is 23.3 Å². The Balaban J connectivity index is 1.58. The van der Waals surface area contributed by atoms with Crippen LogP contribution in [-0.4, -0.2) is 65.1 Å². The van der Waals surface area contributed by atoms with Crippen molar-refractivity contribution in [1.82, 2.24) is 14.9 Å². The Labute approximate surface area is 170 Å². The van der Waals surface area contributed by atoms with Crippen LogP contribution in [-0.2, 0) is 6.42 Å². The lowest BCUT2D eigenvalue weighted by Gasteiger charge is -2.35. The van der Waals surface area contributed by atoms with Gasteiger partial charge >= 0.3 is 0 Å². The van der Waals surface area contributed by atoms with Gasteiger partial charge in [-0.05, 0) is 37.0 Å². The van der Waals surface area contributed by atoms with Crippen molar-refractivity contribution in [3.8, 4) is 0 Å². The fourth-order valence-electron chi connectivity index (χ4n) is 4.21. The zero-order chi connectivity index (χ0) is 19.7. The molecule has 0 saturated carbocycles. The number of hydrogen-bond acceptors (Lipinski definition) is 6. The van der Waals surface area contributed by atoms with Crippen molar-refractivity contribution in [3.05, 3.63) is 51.8 Å². The van der Waals surface area contributed by atoms with E-state index in [1.54, 1.807) is 0 Å². The highest BCUT2D eigenvalue weighted by Gasteiger charge is 2.31. The first-order valence-electron chi connectivity index (χ1n) is 9.79. The van der Waals surface area contributed by atoms with Crippen molar-refractivity contribution in [2.75, 3.05) is 44.2 Å². The number of hydrogen-bond donors (Lipinski definition) is 1. The van der Waals surface area contributed by atoms with E-state index in [-0.39, 0.29) is 18.3 Å². The number of aliphatic hydroxyl groups is 1. The lowest BCUT2D eigenvalue weighted by molar-refractivity contribution is 0.0962. The number of β-amino-alcohol motifs (C(OH)–C–C–N with tert-alkyl or cyclic N) is 1. The number of anilines is 1. The Bertz CT molecular complexity index is 881. The topological polar surface area (TPSA) is 69.6 Å². The van der Waals surface area contributed by atoms with Crippen LogP contribution in [0.4, 0.5) is 5.95 Å². The van der Waals surface area contributed by atoms with Gasteiger partial charge in [0.25, 0.3) is 0 Å². The number of nitrogens with zero attached hydrogens (tertiary/aromatic N) is 4. The van der Waals surface area contributed by atoms with Crippen LogP contribution in [0.25, 0.3) is 0 Å². The van der Waals surface area contributed by atoms with E-state index in [9.17, 15) is 4.79 Å². The molecular weight excluding hydrogens is 376 g/mol. The molecule has 1 aliphatic carbocycles. The van der Waals surface area contributed by atoms with Crippen LogP contribution in [0.5, 0.6) is 0 Å². The predicted octanol–water partition coefficient (Wildman–Crippen LogP) is 2.47. The molecule has 4 rings (SSSR count). The minimum Gasteiger partial charge on any atom is -0.395 e. The number of fused-ring (bicyclic) bond motifs is 1. The number of Topliss-reactive ketones (excluding diaryl/α,β-unsaturated/α-hetero) is 1. The summed E-state index contributed by atoms with van der Waals surface area (Å²) in [6, 6.07) is 7.76. The molecule has 0 radical (unpaired) electrons. The van der Waals surface area contributed by atoms with Crippen molar-refractivity contribution in [1.29, 1.82) is 0 Å². The maximum absolute atomic E-state index is 12.8. The number of carbonyl (C=O) groups excluding carboxylic acids is 1. The highest BCUT2D eigenvalue weighted by Crippen LogP contribution is 2.34. The van der Waals surface area contributed by atoms with Crippen molar-refractivity contribution in [3.63, 3.8) is 0 Å². The largest absolute Gasteiger partial charge is 0.395 e. The Morgan fingerprint density at radius 2 is 1.96 bits per heavy atom. The van der Waals surface area contributed by atoms with Gasteiger partial charge in [-0.3, -0.25) is 9.69 Å². The number of aromatic nitrogens is 2. The van der Waals surface area contributed by atoms with Gasteiger partial charge in [0.15, 0.2) is 5.78 Å². The molecule has 6 nitrogen and oxygen atoms in total. The molecule has 0 spiro atoms. The Hall–Kier alpha value is -2.02. The highest BCUT2D eigenvalue weighted by atomic mass is 35.5. The minimum atomic E-state index is 0.0993. The fraction of sp³-hybridized carbons (Fsp3) is 0.476. The summed E-state index contributed by atoms with van der Waals surface area (Å²) in [5.41, 5.74) is 3.40. The summed E-state index contributed by atoms with van der Waals surface area (Å²) in [6.07, 6.45) is 1.19. The van der Waals surface area contributed by atoms with Gasteiger partial charge in [0.2, 0.25) is 5.95 Å². The molecule has 0 amide bonds. The number of halogens is 1. The summed E-state index contributed by atoms with van der Waals surface area (Å²) in [4.78, 5) is 26.7. The van der Waals surface area contributed by atoms with Crippen molar-refractivity contribution in [2.24, 2.45) is 0 Å². The van der Waals surface area contributed by atoms with Gasteiger partial charge in [-0.1, -0.05) is 23.7 Å². The van der Waals surface area contributed by atoms with E-state index in [0.29, 0.717) is 29.5 Å². The first kappa shape index (κ1) is 19.3. The van der Waals surface area contributed by atoms with Gasteiger partial charge < -0.3 is 10.0 Å². The van der Waals surface area contributed by atoms with Gasteiger partial charge in [-0.15, -0.1) is 0 Å². The van der Waals surface area contributed by atoms with Crippen LogP contribution >= 0.6 is 11.6 Å². The normalized spacial score (nSPS) is 20.3. The van der Waals surface area contributed by atoms with Gasteiger partial charge in [-0.25, -0.2) is 9.97 Å². The van der Waals surface area contributed by atoms with Gasteiger partial charge in [0.05, 0.1) is 23.6 Å². The standard InChI is InChI=1S/C21H25ClN4O2/c1-14-20-18(12-16(13-19(20)28)15-3-2-4-17(22)11-15)24-21(23-14)26-7-5-25(6-8-26)9-10-27/h2-4,11,16,27H,5-10,12-13H2,1H3/t16-/m0/s1. The second-order valence-electron chi connectivity index (χ2n) is 7.57. The average Bonchev–Trinajstić information content (AvgIpc) is 2.68. The van der Waals surface area contributed by atoms with E-state index in [0.717, 1.165) is 49.6 Å². The lowest BCUT2D eigenvalue weighted by Crippen LogP contribution is -2.48. The van der Waals surface area contributed by atoms with Gasteiger partial charge in [-0.2, -0.15) is 0 Å². The minimum absolute atomic E-state index is 0.0993. The van der Waals surface area contributed by atoms with E-state index < -0.39 is 0 Å². The number of piperazine rings is 1. The van der Waals surface area contributed by atoms with Crippen LogP contribution in [0, 0.1) is 6.92 Å². The van der Waals surface area contributed by atoms with Crippen LogP contribution in [0.15, 0.2) is 24.3 Å². The number of aryl methyl sites for hydroxylation is 1. The molecule has 2 aliphatic rings. The molecule has 1 fully saturated rings. The second-order valence-corrected chi connectivity index (χ2v) is 8.00. The van der Waals surface area contributed by atoms with Crippen molar-refractivity contribution in [2.45, 2.75) is 25.7 Å². The smallest absolute Gasteiger partial charge is 0.225 e. The summed E-state index contributed by atoms with van der Waals surface area (Å²) >= 11 is 6.15. The summed E-state index contributed by atoms with van der Waals surface area (Å²) in [5, 5.41) is 9.80. The quantitative estimate of drug-likeness (QED) is 0.850. The maximum Gasteiger partial charge on any atom is 0.225 e. The number of aliphatic hydroxyl groups excluding tert-OH is 1. The molecule has 0 unspecified atom stereocenters. The van der Waals surface area contributed by atoms with Crippen LogP contribution in [0.1, 0.15) is 39.6 Å². The number of carbonyl (C=O) groups is 1. The Morgan fingerprint density at radius 1 is 1.18 bits per heavy atom. The Morgan fingerprint density at radius 3 is 2.68 bits per heavy atom. The third-order valence-electron chi connectivity index (χ3n) is 5.69. The molecular formula is C21H25ClN4O2. The molecule has 1 atom stereocenters. The molecule has 1 aromatic heterocycles. The third-order valence-corrected chi connectivity index (χ3v) is 5.93. The molecule has 2 heterocycles. The first-order valence-corrected chi connectivity index (χ1v) is 10.2. The summed E-state index contributed by atoms with van der Waals surface area (Å²) in [7, 11) is 0. The van der Waals surface area contributed by atoms with Gasteiger partial charge in [0, 0.05) is 44.2 Å². The molecule has 1 aliphatic heterocycles. The third kappa shape index (κ3) is 3.90. The molecule has 0 bridgehead atoms. The van der Waals surface area contributed by atoms with E-state index in [1.165, 1.54) is 0 Å². The zero-order valence-corrected chi connectivity index (χ0v) is 16.8. The van der Waals surface area contributed by atoms with Crippen LogP contribution in [0.2, 0.25) is 5.02 Å². The molecule has 1 aromatic carbocycles. The van der Waals surface area contributed by atoms with Crippen molar-refractivity contribution < 1.29 is 9.90 Å². The molecule has 148 valence electrons. The van der Waals surface area contributed by atoms with Gasteiger partial charge in [0.1, 0.15) is 0 Å². The summed E-state index contributed by atoms with van der Waals surface area (Å²) in [6.45, 7) is 6.20. The number of rotatable bonds is 4. The van der Waals surface area contributed by atoms with E-state index in [4.69, 9.17) is 21.7 Å². The van der Waals surface area contributed by atoms with Crippen LogP contribution in [0.3, 0.4) is 0 Å². The number of benzene rings is 1. The van der Waals surface area contributed by atoms with E-state index in [2.05, 4.69) is 14.8 Å². The second kappa shape index (κ2) is 8.15. The first-order chi connectivity index (χ1) is 13.5. The van der Waals surface area contributed by atoms with Crippen LogP contribution < -0.4 is 4.90 Å². The fourth-order valence-corrected chi connectivity index (χ4v) is 4.41. The highest BCUT2D eigenvalue weighted by molar-refractivity contribution is 6.30. The molecule has 7 heteroatoms. The predicted molar refractivity (Wildman–Crippen MR) is 109 cm³/mol. The number of ketones is 1. The molecule has 1 N–H and O–H groups in total. The summed E-state index contributed by atoms with van der Waals surface area (Å²) in [5.74, 6) is 0.921. The lowest BCUT2D eigenvalue weighted by atomic mass is 9.81. The molecule has 2 aromatic rings. The van der Waals surface area contributed by atoms with E-state index >= 15 is 0 Å². The summed E-state index contributed by atoms with van der Waals surface area (Å²) < 4.78 is 0. The van der Waals surface area contributed by atoms with E-state index in [1.807, 2.05) is 31.2 Å². The average molecular weight is 401 g/mol. The monoisotopic (exact) mass is 400 g/mol. The molecule has 28 heavy (non-hydrogen) atoms.